The summed E-state index contributed by atoms with van der Waals surface area (Å²) < 4.78 is 5.46. The Labute approximate surface area is 89.0 Å². The van der Waals surface area contributed by atoms with Crippen molar-refractivity contribution in [2.75, 3.05) is 0 Å². The Hall–Kier alpha value is -1.05. The maximum Gasteiger partial charge on any atom is 0.303 e. The van der Waals surface area contributed by atoms with Gasteiger partial charge in [0, 0.05) is 12.3 Å². The lowest BCUT2D eigenvalue weighted by Gasteiger charge is -2.26. The van der Waals surface area contributed by atoms with Crippen molar-refractivity contribution in [3.63, 3.8) is 0 Å². The number of hydrogen-bond acceptors (Lipinski definition) is 2. The Morgan fingerprint density at radius 2 is 2.20 bits per heavy atom. The molecule has 0 aliphatic heterocycles. The van der Waals surface area contributed by atoms with Crippen LogP contribution in [0.4, 0.5) is 0 Å². The first kappa shape index (κ1) is 8.14. The van der Waals surface area contributed by atoms with Crippen LogP contribution in [0.15, 0.2) is 24.3 Å². The van der Waals surface area contributed by atoms with E-state index in [0.717, 1.165) is 11.8 Å². The van der Waals surface area contributed by atoms with Crippen molar-refractivity contribution in [2.24, 2.45) is 29.1 Å². The zero-order chi connectivity index (χ0) is 10.2. The molecule has 1 spiro atoms. The molecule has 2 fully saturated rings. The first-order valence-corrected chi connectivity index (χ1v) is 5.78. The predicted molar refractivity (Wildman–Crippen MR) is 54.8 cm³/mol. The molecule has 4 aliphatic rings. The first-order valence-electron chi connectivity index (χ1n) is 5.78. The molecule has 2 nitrogen and oxygen atoms in total. The second-order valence-electron chi connectivity index (χ2n) is 5.36. The van der Waals surface area contributed by atoms with Gasteiger partial charge < -0.3 is 4.74 Å². The number of allylic oxidation sites excluding steroid dienone is 3. The molecule has 3 unspecified atom stereocenters. The summed E-state index contributed by atoms with van der Waals surface area (Å²) in [6.45, 7) is 1.51. The topological polar surface area (TPSA) is 26.3 Å². The first-order chi connectivity index (χ1) is 7.24. The number of carbonyl (C=O) groups excluding carboxylic acids is 1. The van der Waals surface area contributed by atoms with Gasteiger partial charge in [-0.3, -0.25) is 4.79 Å². The van der Waals surface area contributed by atoms with Crippen molar-refractivity contribution < 1.29 is 9.53 Å². The van der Waals surface area contributed by atoms with Gasteiger partial charge in [0.15, 0.2) is 0 Å². The molecule has 2 saturated carbocycles. The SMILES string of the molecule is CC(=O)O[C@@H]1C=CC2[C@H]3C4C=CC(C4)[C@]231. The summed E-state index contributed by atoms with van der Waals surface area (Å²) in [7, 11) is 0. The van der Waals surface area contributed by atoms with E-state index in [9.17, 15) is 4.79 Å². The Kier molecular flexibility index (Phi) is 1.20. The molecule has 0 N–H and O–H groups in total. The predicted octanol–water partition coefficient (Wildman–Crippen LogP) is 1.93. The number of esters is 1. The fraction of sp³-hybridized carbons (Fsp3) is 0.615. The van der Waals surface area contributed by atoms with Crippen LogP contribution in [0.3, 0.4) is 0 Å². The van der Waals surface area contributed by atoms with Gasteiger partial charge >= 0.3 is 5.97 Å². The van der Waals surface area contributed by atoms with E-state index in [4.69, 9.17) is 4.74 Å². The number of fused-ring (bicyclic) bond motifs is 4. The summed E-state index contributed by atoms with van der Waals surface area (Å²) in [5, 5.41) is 0. The molecule has 2 heteroatoms. The van der Waals surface area contributed by atoms with Crippen LogP contribution in [0.2, 0.25) is 0 Å². The number of rotatable bonds is 1. The molecule has 0 aromatic rings. The minimum Gasteiger partial charge on any atom is -0.458 e. The minimum atomic E-state index is -0.142. The fourth-order valence-corrected chi connectivity index (χ4v) is 4.57. The van der Waals surface area contributed by atoms with Gasteiger partial charge in [-0.25, -0.2) is 0 Å². The van der Waals surface area contributed by atoms with Crippen molar-refractivity contribution in [3.8, 4) is 0 Å². The quantitative estimate of drug-likeness (QED) is 0.479. The molecule has 0 amide bonds. The van der Waals surface area contributed by atoms with E-state index in [-0.39, 0.29) is 12.1 Å². The largest absolute Gasteiger partial charge is 0.458 e. The zero-order valence-electron chi connectivity index (χ0n) is 8.72. The summed E-state index contributed by atoms with van der Waals surface area (Å²) in [4.78, 5) is 11.1. The van der Waals surface area contributed by atoms with Crippen LogP contribution in [0.1, 0.15) is 13.3 Å². The average Bonchev–Trinajstić information content (AvgIpc) is 2.58. The van der Waals surface area contributed by atoms with Crippen molar-refractivity contribution in [1.29, 1.82) is 0 Å². The van der Waals surface area contributed by atoms with Gasteiger partial charge in [0.2, 0.25) is 0 Å². The highest BCUT2D eigenvalue weighted by molar-refractivity contribution is 5.67. The molecule has 4 aliphatic carbocycles. The molecule has 6 atom stereocenters. The molecular weight excluding hydrogens is 188 g/mol. The molecule has 0 radical (unpaired) electrons. The monoisotopic (exact) mass is 202 g/mol. The van der Waals surface area contributed by atoms with E-state index in [2.05, 4.69) is 24.3 Å². The third-order valence-electron chi connectivity index (χ3n) is 4.93. The van der Waals surface area contributed by atoms with Gasteiger partial charge in [-0.2, -0.15) is 0 Å². The highest BCUT2D eigenvalue weighted by Gasteiger charge is 2.79. The summed E-state index contributed by atoms with van der Waals surface area (Å²) in [6.07, 6.45) is 10.5. The summed E-state index contributed by atoms with van der Waals surface area (Å²) in [5.41, 5.74) is 0.297. The van der Waals surface area contributed by atoms with E-state index in [1.807, 2.05) is 0 Å². The second kappa shape index (κ2) is 2.21. The maximum absolute atomic E-state index is 11.1. The second-order valence-corrected chi connectivity index (χ2v) is 5.36. The van der Waals surface area contributed by atoms with Gasteiger partial charge in [0.05, 0.1) is 0 Å². The minimum absolute atomic E-state index is 0.0601. The highest BCUT2D eigenvalue weighted by Crippen LogP contribution is 2.80. The Bertz CT molecular complexity index is 409. The molecule has 0 heterocycles. The van der Waals surface area contributed by atoms with E-state index < -0.39 is 0 Å². The molecular formula is C13H14O2. The van der Waals surface area contributed by atoms with Gasteiger partial charge in [0.1, 0.15) is 6.10 Å². The molecule has 15 heavy (non-hydrogen) atoms. The highest BCUT2D eigenvalue weighted by atomic mass is 16.5. The lowest BCUT2D eigenvalue weighted by atomic mass is 9.85. The van der Waals surface area contributed by atoms with E-state index in [1.54, 1.807) is 0 Å². The Balaban J connectivity index is 1.71. The summed E-state index contributed by atoms with van der Waals surface area (Å²) in [6, 6.07) is 0. The van der Waals surface area contributed by atoms with Crippen LogP contribution in [-0.2, 0) is 9.53 Å². The molecule has 0 aromatic carbocycles. The number of hydrogen-bond donors (Lipinski definition) is 0. The van der Waals surface area contributed by atoms with Gasteiger partial charge in [-0.1, -0.05) is 18.2 Å². The van der Waals surface area contributed by atoms with Crippen molar-refractivity contribution in [3.05, 3.63) is 24.3 Å². The fourth-order valence-electron chi connectivity index (χ4n) is 4.57. The maximum atomic E-state index is 11.1. The van der Waals surface area contributed by atoms with Gasteiger partial charge in [0.25, 0.3) is 0 Å². The van der Waals surface area contributed by atoms with Gasteiger partial charge in [-0.15, -0.1) is 0 Å². The van der Waals surface area contributed by atoms with Crippen LogP contribution in [0.25, 0.3) is 0 Å². The average molecular weight is 202 g/mol. The summed E-state index contributed by atoms with van der Waals surface area (Å²) >= 11 is 0. The third kappa shape index (κ3) is 0.704. The number of ether oxygens (including phenoxy) is 1. The van der Waals surface area contributed by atoms with Crippen LogP contribution in [0, 0.1) is 29.1 Å². The Morgan fingerprint density at radius 1 is 1.33 bits per heavy atom. The standard InChI is InChI=1S/C13H14O2/c1-7(14)15-11-5-4-10-12-8-2-3-9(6-8)13(10,11)12/h2-5,8-12H,6H2,1H3/t8?,9?,10?,11-,12-,13-/m1/s1. The normalized spacial score (nSPS) is 56.7. The van der Waals surface area contributed by atoms with Crippen LogP contribution in [0.5, 0.6) is 0 Å². The molecule has 0 aromatic heterocycles. The van der Waals surface area contributed by atoms with Crippen LogP contribution < -0.4 is 0 Å². The van der Waals surface area contributed by atoms with E-state index >= 15 is 0 Å². The zero-order valence-corrected chi connectivity index (χ0v) is 8.72. The molecule has 0 saturated heterocycles. The van der Waals surface area contributed by atoms with E-state index in [1.165, 1.54) is 13.3 Å². The van der Waals surface area contributed by atoms with Gasteiger partial charge in [-0.05, 0) is 36.2 Å². The van der Waals surface area contributed by atoms with Crippen molar-refractivity contribution in [1.82, 2.24) is 0 Å². The molecule has 2 bridgehead atoms. The third-order valence-corrected chi connectivity index (χ3v) is 4.93. The van der Waals surface area contributed by atoms with Crippen molar-refractivity contribution >= 4 is 5.97 Å². The smallest absolute Gasteiger partial charge is 0.303 e. The van der Waals surface area contributed by atoms with E-state index in [0.29, 0.717) is 17.3 Å². The lowest BCUT2D eigenvalue weighted by Crippen LogP contribution is -2.30. The van der Waals surface area contributed by atoms with Crippen molar-refractivity contribution in [2.45, 2.75) is 19.4 Å². The summed E-state index contributed by atoms with van der Waals surface area (Å²) in [5.74, 6) is 2.76. The molecule has 78 valence electrons. The Morgan fingerprint density at radius 3 is 3.00 bits per heavy atom. The van der Waals surface area contributed by atoms with Crippen LogP contribution >= 0.6 is 0 Å². The molecule has 4 rings (SSSR count). The van der Waals surface area contributed by atoms with Crippen LogP contribution in [-0.4, -0.2) is 12.1 Å². The lowest BCUT2D eigenvalue weighted by molar-refractivity contribution is -0.147. The number of carbonyl (C=O) groups is 1.